The van der Waals surface area contributed by atoms with Crippen molar-refractivity contribution in [1.82, 2.24) is 10.4 Å². The Morgan fingerprint density at radius 2 is 1.62 bits per heavy atom. The number of nitrogens with one attached hydrogen (secondary N) is 1. The van der Waals surface area contributed by atoms with Gasteiger partial charge in [-0.15, -0.1) is 0 Å². The minimum absolute atomic E-state index is 0.0564. The number of carbonyl (C=O) groups is 1. The zero-order chi connectivity index (χ0) is 32.5. The number of piperidine rings is 1. The van der Waals surface area contributed by atoms with E-state index in [2.05, 4.69) is 27.6 Å². The fourth-order valence-electron chi connectivity index (χ4n) is 6.11. The van der Waals surface area contributed by atoms with Gasteiger partial charge in [0.15, 0.2) is 11.6 Å². The lowest BCUT2D eigenvalue weighted by Crippen LogP contribution is -2.56. The van der Waals surface area contributed by atoms with Gasteiger partial charge in [-0.2, -0.15) is 0 Å². The number of hydrogen-bond donors (Lipinski definition) is 2. The Bertz CT molecular complexity index is 1730. The molecule has 47 heavy (non-hydrogen) atoms. The molecular weight excluding hydrogens is 592 g/mol. The number of ether oxygens (including phenoxy) is 2. The number of aliphatic hydroxyl groups is 1. The fraction of sp³-hybridized carbons (Fsp3) is 0.297. The standard InChI is InChI=1S/C37H38N6O4/c38-42-40-33-13-6-5-12-31(33)26-37(36(45)41-43-22-7-2-8-23-43)34(29-16-14-28(15-17-29)27-10-3-1-4-11-27)47-35(39-37)30-18-20-32(21-19-30)46-25-9-24-44/h1,3-6,10-21,34,44H,2,7-9,22-26H2,(H,41,45)/t34-,37-/m0/s1. The van der Waals surface area contributed by atoms with E-state index in [4.69, 9.17) is 19.6 Å². The molecule has 2 aliphatic heterocycles. The van der Waals surface area contributed by atoms with Crippen LogP contribution in [0.2, 0.25) is 0 Å². The lowest BCUT2D eigenvalue weighted by molar-refractivity contribution is -0.134. The Hall–Kier alpha value is -5.15. The van der Waals surface area contributed by atoms with E-state index in [-0.39, 0.29) is 18.9 Å². The molecule has 0 spiro atoms. The summed E-state index contributed by atoms with van der Waals surface area (Å²) in [6.45, 7) is 1.96. The van der Waals surface area contributed by atoms with Crippen LogP contribution in [0.5, 0.6) is 5.75 Å². The van der Waals surface area contributed by atoms with Crippen LogP contribution < -0.4 is 10.2 Å². The molecule has 2 N–H and O–H groups in total. The van der Waals surface area contributed by atoms with Crippen LogP contribution in [-0.2, 0) is 16.0 Å². The van der Waals surface area contributed by atoms with Crippen molar-refractivity contribution in [1.29, 1.82) is 0 Å². The third-order valence-corrected chi connectivity index (χ3v) is 8.57. The number of rotatable bonds is 12. The third kappa shape index (κ3) is 7.31. The number of aliphatic imine (C=N–C) groups is 1. The number of amides is 1. The maximum atomic E-state index is 14.7. The molecule has 0 aromatic heterocycles. The van der Waals surface area contributed by atoms with E-state index in [1.807, 2.05) is 83.9 Å². The predicted molar refractivity (Wildman–Crippen MR) is 181 cm³/mol. The second-order valence-electron chi connectivity index (χ2n) is 11.8. The summed E-state index contributed by atoms with van der Waals surface area (Å²) in [5.74, 6) is 0.705. The number of aliphatic hydroxyl groups excluding tert-OH is 1. The largest absolute Gasteiger partial charge is 0.494 e. The highest BCUT2D eigenvalue weighted by atomic mass is 16.5. The molecule has 1 saturated heterocycles. The molecule has 0 saturated carbocycles. The van der Waals surface area contributed by atoms with E-state index in [1.54, 1.807) is 12.1 Å². The Morgan fingerprint density at radius 1 is 0.936 bits per heavy atom. The number of azide groups is 1. The number of carbonyl (C=O) groups excluding carboxylic acids is 1. The van der Waals surface area contributed by atoms with Gasteiger partial charge in [-0.05, 0) is 64.9 Å². The van der Waals surface area contributed by atoms with Gasteiger partial charge in [0.2, 0.25) is 5.90 Å². The monoisotopic (exact) mass is 630 g/mol. The molecule has 1 amide bonds. The molecule has 2 heterocycles. The first kappa shape index (κ1) is 31.8. The molecule has 2 aliphatic rings. The van der Waals surface area contributed by atoms with Crippen molar-refractivity contribution in [3.63, 3.8) is 0 Å². The second kappa shape index (κ2) is 15.0. The van der Waals surface area contributed by atoms with Gasteiger partial charge >= 0.3 is 0 Å². The van der Waals surface area contributed by atoms with Gasteiger partial charge in [0.05, 0.1) is 6.61 Å². The average molecular weight is 631 g/mol. The summed E-state index contributed by atoms with van der Waals surface area (Å²) < 4.78 is 12.4. The molecule has 240 valence electrons. The molecule has 10 nitrogen and oxygen atoms in total. The lowest BCUT2D eigenvalue weighted by atomic mass is 9.81. The van der Waals surface area contributed by atoms with Crippen molar-refractivity contribution in [2.45, 2.75) is 43.7 Å². The highest BCUT2D eigenvalue weighted by Gasteiger charge is 2.54. The number of hydrogen-bond acceptors (Lipinski definition) is 7. The summed E-state index contributed by atoms with van der Waals surface area (Å²) in [6.07, 6.45) is 3.00. The maximum absolute atomic E-state index is 14.7. The van der Waals surface area contributed by atoms with E-state index >= 15 is 0 Å². The summed E-state index contributed by atoms with van der Waals surface area (Å²) in [4.78, 5) is 22.9. The summed E-state index contributed by atoms with van der Waals surface area (Å²) in [5.41, 5.74) is 15.8. The Morgan fingerprint density at radius 3 is 2.34 bits per heavy atom. The van der Waals surface area contributed by atoms with Gasteiger partial charge in [-0.3, -0.25) is 10.2 Å². The summed E-state index contributed by atoms with van der Waals surface area (Å²) in [6, 6.07) is 32.8. The van der Waals surface area contributed by atoms with Crippen LogP contribution in [0.4, 0.5) is 5.69 Å². The first-order valence-electron chi connectivity index (χ1n) is 16.0. The fourth-order valence-corrected chi connectivity index (χ4v) is 6.11. The number of benzene rings is 4. The first-order valence-corrected chi connectivity index (χ1v) is 16.0. The van der Waals surface area contributed by atoms with E-state index in [0.29, 0.717) is 41.5 Å². The molecule has 4 aromatic rings. The third-order valence-electron chi connectivity index (χ3n) is 8.57. The molecule has 4 aromatic carbocycles. The average Bonchev–Trinajstić information content (AvgIpc) is 3.51. The minimum atomic E-state index is -1.43. The Balaban J connectivity index is 1.44. The smallest absolute Gasteiger partial charge is 0.266 e. The molecule has 0 unspecified atom stereocenters. The van der Waals surface area contributed by atoms with Crippen molar-refractivity contribution >= 4 is 17.5 Å². The summed E-state index contributed by atoms with van der Waals surface area (Å²) in [5, 5.41) is 15.0. The van der Waals surface area contributed by atoms with Crippen LogP contribution in [0.25, 0.3) is 21.6 Å². The number of nitrogens with zero attached hydrogens (tertiary/aromatic N) is 5. The predicted octanol–water partition coefficient (Wildman–Crippen LogP) is 7.07. The quantitative estimate of drug-likeness (QED) is 0.0748. The molecule has 0 radical (unpaired) electrons. The van der Waals surface area contributed by atoms with E-state index in [0.717, 1.165) is 49.0 Å². The van der Waals surface area contributed by atoms with Crippen LogP contribution in [-0.4, -0.2) is 53.8 Å². The van der Waals surface area contributed by atoms with Crippen molar-refractivity contribution in [3.05, 3.63) is 130 Å². The van der Waals surface area contributed by atoms with E-state index in [9.17, 15) is 10.3 Å². The topological polar surface area (TPSA) is 132 Å². The zero-order valence-corrected chi connectivity index (χ0v) is 26.2. The summed E-state index contributed by atoms with van der Waals surface area (Å²) in [7, 11) is 0. The van der Waals surface area contributed by atoms with Gasteiger partial charge in [0.25, 0.3) is 5.91 Å². The van der Waals surface area contributed by atoms with Crippen molar-refractivity contribution in [3.8, 4) is 16.9 Å². The molecule has 10 heteroatoms. The van der Waals surface area contributed by atoms with E-state index < -0.39 is 11.6 Å². The highest BCUT2D eigenvalue weighted by molar-refractivity contribution is 6.01. The van der Waals surface area contributed by atoms with Crippen LogP contribution in [0.3, 0.4) is 0 Å². The van der Waals surface area contributed by atoms with Crippen LogP contribution in [0.1, 0.15) is 48.5 Å². The van der Waals surface area contributed by atoms with Crippen LogP contribution in [0, 0.1) is 0 Å². The first-order chi connectivity index (χ1) is 23.1. The van der Waals surface area contributed by atoms with Gasteiger partial charge in [-0.25, -0.2) is 10.0 Å². The van der Waals surface area contributed by atoms with Crippen molar-refractivity contribution in [2.24, 2.45) is 10.1 Å². The zero-order valence-electron chi connectivity index (χ0n) is 26.2. The van der Waals surface area contributed by atoms with Crippen LogP contribution in [0.15, 0.2) is 113 Å². The van der Waals surface area contributed by atoms with Crippen molar-refractivity contribution < 1.29 is 19.4 Å². The van der Waals surface area contributed by atoms with Crippen molar-refractivity contribution in [2.75, 3.05) is 26.3 Å². The minimum Gasteiger partial charge on any atom is -0.494 e. The molecule has 2 atom stereocenters. The van der Waals surface area contributed by atoms with E-state index in [1.165, 1.54) is 0 Å². The molecule has 6 rings (SSSR count). The van der Waals surface area contributed by atoms with Gasteiger partial charge in [0.1, 0.15) is 5.75 Å². The molecule has 0 bridgehead atoms. The highest BCUT2D eigenvalue weighted by Crippen LogP contribution is 2.44. The number of hydrazine groups is 1. The van der Waals surface area contributed by atoms with Gasteiger partial charge < -0.3 is 14.6 Å². The van der Waals surface area contributed by atoms with Crippen LogP contribution >= 0.6 is 0 Å². The Kier molecular flexibility index (Phi) is 10.1. The maximum Gasteiger partial charge on any atom is 0.266 e. The van der Waals surface area contributed by atoms with Gasteiger partial charge in [-0.1, -0.05) is 90.4 Å². The SMILES string of the molecule is [N-]=[N+]=Nc1ccccc1C[C@]1(C(=O)NN2CCCCC2)N=C(c2ccc(OCCCO)cc2)O[C@H]1c1ccc(-c2ccccc2)cc1. The van der Waals surface area contributed by atoms with Gasteiger partial charge in [0, 0.05) is 48.7 Å². The molecule has 1 fully saturated rings. The normalized spacial score (nSPS) is 19.3. The lowest BCUT2D eigenvalue weighted by Gasteiger charge is -2.35. The second-order valence-corrected chi connectivity index (χ2v) is 11.8. The Labute approximate surface area is 274 Å². The molecular formula is C37H38N6O4. The summed E-state index contributed by atoms with van der Waals surface area (Å²) >= 11 is 0. The molecule has 0 aliphatic carbocycles.